The van der Waals surface area contributed by atoms with Gasteiger partial charge in [0.2, 0.25) is 0 Å². The van der Waals surface area contributed by atoms with Crippen LogP contribution in [0.4, 0.5) is 5.69 Å². The molecule has 3 heterocycles. The molecule has 2 atom stereocenters. The number of morpholine rings is 1. The molecular formula is C16H18N4O2. The Kier molecular flexibility index (Phi) is 4.11. The van der Waals surface area contributed by atoms with E-state index in [1.54, 1.807) is 24.7 Å². The summed E-state index contributed by atoms with van der Waals surface area (Å²) in [6, 6.07) is 1.78. The Labute approximate surface area is 129 Å². The number of carbonyl (C=O) groups is 1. The summed E-state index contributed by atoms with van der Waals surface area (Å²) >= 11 is 0. The molecule has 0 aliphatic carbocycles. The largest absolute Gasteiger partial charge is 0.372 e. The molecule has 1 aliphatic rings. The third-order valence-corrected chi connectivity index (χ3v) is 3.66. The third-order valence-electron chi connectivity index (χ3n) is 3.66. The van der Waals surface area contributed by atoms with Gasteiger partial charge in [-0.3, -0.25) is 9.78 Å². The van der Waals surface area contributed by atoms with Crippen molar-refractivity contribution < 1.29 is 9.53 Å². The maximum atomic E-state index is 11.5. The summed E-state index contributed by atoms with van der Waals surface area (Å²) in [4.78, 5) is 26.1. The first-order valence-corrected chi connectivity index (χ1v) is 7.28. The quantitative estimate of drug-likeness (QED) is 0.807. The molecule has 0 amide bonds. The van der Waals surface area contributed by atoms with Crippen molar-refractivity contribution in [1.29, 1.82) is 0 Å². The molecule has 22 heavy (non-hydrogen) atoms. The van der Waals surface area contributed by atoms with Gasteiger partial charge in [0.05, 0.1) is 29.8 Å². The number of hydrogen-bond donors (Lipinski definition) is 0. The molecule has 1 aliphatic heterocycles. The van der Waals surface area contributed by atoms with Crippen LogP contribution >= 0.6 is 0 Å². The molecule has 0 N–H and O–H groups in total. The summed E-state index contributed by atoms with van der Waals surface area (Å²) in [5, 5.41) is 0. The summed E-state index contributed by atoms with van der Waals surface area (Å²) < 4.78 is 5.74. The highest BCUT2D eigenvalue weighted by molar-refractivity contribution is 5.86. The molecule has 1 fully saturated rings. The zero-order valence-electron chi connectivity index (χ0n) is 12.6. The van der Waals surface area contributed by atoms with Crippen molar-refractivity contribution in [3.8, 4) is 11.3 Å². The molecule has 2 unspecified atom stereocenters. The van der Waals surface area contributed by atoms with Crippen LogP contribution in [0.2, 0.25) is 0 Å². The van der Waals surface area contributed by atoms with Gasteiger partial charge in [0.15, 0.2) is 6.29 Å². The van der Waals surface area contributed by atoms with Gasteiger partial charge in [-0.25, -0.2) is 9.97 Å². The molecule has 0 spiro atoms. The topological polar surface area (TPSA) is 68.2 Å². The fraction of sp³-hybridized carbons (Fsp3) is 0.375. The molecule has 0 bridgehead atoms. The lowest BCUT2D eigenvalue weighted by atomic mass is 10.1. The molecule has 6 nitrogen and oxygen atoms in total. The van der Waals surface area contributed by atoms with Crippen LogP contribution in [0.25, 0.3) is 11.3 Å². The van der Waals surface area contributed by atoms with E-state index >= 15 is 0 Å². The highest BCUT2D eigenvalue weighted by Crippen LogP contribution is 2.26. The van der Waals surface area contributed by atoms with Crippen LogP contribution in [0.15, 0.2) is 31.0 Å². The minimum Gasteiger partial charge on any atom is -0.372 e. The van der Waals surface area contributed by atoms with E-state index in [2.05, 4.69) is 19.9 Å². The first-order valence-electron chi connectivity index (χ1n) is 7.28. The predicted molar refractivity (Wildman–Crippen MR) is 82.9 cm³/mol. The highest BCUT2D eigenvalue weighted by Gasteiger charge is 2.24. The Hall–Kier alpha value is -2.34. The average molecular weight is 298 g/mol. The summed E-state index contributed by atoms with van der Waals surface area (Å²) in [7, 11) is 0. The average Bonchev–Trinajstić information content (AvgIpc) is 2.54. The third kappa shape index (κ3) is 2.96. The van der Waals surface area contributed by atoms with Crippen LogP contribution in [0, 0.1) is 0 Å². The first-order chi connectivity index (χ1) is 10.7. The lowest BCUT2D eigenvalue weighted by Gasteiger charge is -2.37. The number of anilines is 1. The van der Waals surface area contributed by atoms with Crippen LogP contribution in [0.1, 0.15) is 24.2 Å². The van der Waals surface area contributed by atoms with E-state index in [1.165, 1.54) is 6.33 Å². The number of rotatable bonds is 3. The van der Waals surface area contributed by atoms with Gasteiger partial charge < -0.3 is 9.64 Å². The van der Waals surface area contributed by atoms with Crippen molar-refractivity contribution in [1.82, 2.24) is 15.0 Å². The van der Waals surface area contributed by atoms with E-state index < -0.39 is 0 Å². The molecule has 6 heteroatoms. The maximum absolute atomic E-state index is 11.5. The summed E-state index contributed by atoms with van der Waals surface area (Å²) in [5.74, 6) is 0. The Balaban J connectivity index is 1.94. The highest BCUT2D eigenvalue weighted by atomic mass is 16.5. The van der Waals surface area contributed by atoms with Crippen molar-refractivity contribution in [3.63, 3.8) is 0 Å². The summed E-state index contributed by atoms with van der Waals surface area (Å²) in [6.45, 7) is 5.57. The monoisotopic (exact) mass is 298 g/mol. The van der Waals surface area contributed by atoms with Gasteiger partial charge in [0, 0.05) is 36.6 Å². The fourth-order valence-corrected chi connectivity index (χ4v) is 2.79. The molecule has 2 aromatic rings. The number of pyridine rings is 1. The zero-order chi connectivity index (χ0) is 15.5. The van der Waals surface area contributed by atoms with E-state index in [1.807, 2.05) is 13.8 Å². The Morgan fingerprint density at radius 3 is 2.50 bits per heavy atom. The number of carbonyl (C=O) groups excluding carboxylic acids is 1. The normalized spacial score (nSPS) is 21.6. The Morgan fingerprint density at radius 1 is 1.18 bits per heavy atom. The minimum atomic E-state index is 0.130. The van der Waals surface area contributed by atoms with E-state index in [0.29, 0.717) is 11.3 Å². The number of hydrogen-bond acceptors (Lipinski definition) is 6. The number of nitrogens with zero attached hydrogens (tertiary/aromatic N) is 4. The number of aldehydes is 1. The molecule has 114 valence electrons. The summed E-state index contributed by atoms with van der Waals surface area (Å²) in [5.41, 5.74) is 2.95. The van der Waals surface area contributed by atoms with Crippen LogP contribution in [0.3, 0.4) is 0 Å². The van der Waals surface area contributed by atoms with E-state index in [9.17, 15) is 4.79 Å². The molecule has 0 saturated carbocycles. The number of ether oxygens (including phenoxy) is 1. The second-order valence-electron chi connectivity index (χ2n) is 5.54. The Bertz CT molecular complexity index is 652. The first kappa shape index (κ1) is 14.6. The second-order valence-corrected chi connectivity index (χ2v) is 5.54. The van der Waals surface area contributed by atoms with Gasteiger partial charge in [-0.2, -0.15) is 0 Å². The summed E-state index contributed by atoms with van der Waals surface area (Å²) in [6.07, 6.45) is 7.71. The minimum absolute atomic E-state index is 0.130. The standard InChI is InChI=1S/C16H18N4O2/c1-11-7-20(8-12(2)22-11)16-6-19-15(3-13(16)9-21)14-4-17-10-18-5-14/h3-6,9-12H,7-8H2,1-2H3. The smallest absolute Gasteiger partial charge is 0.152 e. The van der Waals surface area contributed by atoms with Crippen molar-refractivity contribution in [2.24, 2.45) is 0 Å². The van der Waals surface area contributed by atoms with E-state index in [0.717, 1.165) is 30.6 Å². The fourth-order valence-electron chi connectivity index (χ4n) is 2.79. The molecule has 2 aromatic heterocycles. The molecule has 0 radical (unpaired) electrons. The molecule has 3 rings (SSSR count). The maximum Gasteiger partial charge on any atom is 0.152 e. The number of aromatic nitrogens is 3. The van der Waals surface area contributed by atoms with Crippen LogP contribution in [0.5, 0.6) is 0 Å². The lowest BCUT2D eigenvalue weighted by Crippen LogP contribution is -2.45. The van der Waals surface area contributed by atoms with Gasteiger partial charge in [0.25, 0.3) is 0 Å². The van der Waals surface area contributed by atoms with Crippen molar-refractivity contribution in [3.05, 3.63) is 36.5 Å². The zero-order valence-corrected chi connectivity index (χ0v) is 12.6. The molecule has 0 aromatic carbocycles. The molecular weight excluding hydrogens is 280 g/mol. The van der Waals surface area contributed by atoms with Crippen molar-refractivity contribution in [2.45, 2.75) is 26.1 Å². The van der Waals surface area contributed by atoms with Crippen molar-refractivity contribution in [2.75, 3.05) is 18.0 Å². The van der Waals surface area contributed by atoms with Crippen molar-refractivity contribution >= 4 is 12.0 Å². The van der Waals surface area contributed by atoms with Gasteiger partial charge in [0.1, 0.15) is 6.33 Å². The van der Waals surface area contributed by atoms with Crippen LogP contribution < -0.4 is 4.90 Å². The van der Waals surface area contributed by atoms with Gasteiger partial charge >= 0.3 is 0 Å². The lowest BCUT2D eigenvalue weighted by molar-refractivity contribution is -0.00527. The SMILES string of the molecule is CC1CN(c2cnc(-c3cncnc3)cc2C=O)CC(C)O1. The van der Waals surface area contributed by atoms with Crippen LogP contribution in [-0.2, 0) is 4.74 Å². The van der Waals surface area contributed by atoms with Crippen LogP contribution in [-0.4, -0.2) is 46.5 Å². The molecule has 1 saturated heterocycles. The Morgan fingerprint density at radius 2 is 1.86 bits per heavy atom. The van der Waals surface area contributed by atoms with E-state index in [-0.39, 0.29) is 12.2 Å². The van der Waals surface area contributed by atoms with Gasteiger partial charge in [-0.15, -0.1) is 0 Å². The predicted octanol–water partition coefficient (Wildman–Crippen LogP) is 1.96. The van der Waals surface area contributed by atoms with Gasteiger partial charge in [-0.05, 0) is 19.9 Å². The van der Waals surface area contributed by atoms with Gasteiger partial charge in [-0.1, -0.05) is 0 Å². The second kappa shape index (κ2) is 6.19. The van der Waals surface area contributed by atoms with E-state index in [4.69, 9.17) is 4.74 Å².